The van der Waals surface area contributed by atoms with E-state index in [1.807, 2.05) is 18.2 Å². The summed E-state index contributed by atoms with van der Waals surface area (Å²) >= 11 is 1.70. The van der Waals surface area contributed by atoms with Crippen molar-refractivity contribution in [2.45, 2.75) is 0 Å². The van der Waals surface area contributed by atoms with Gasteiger partial charge in [0, 0.05) is 16.8 Å². The second kappa shape index (κ2) is 3.41. The van der Waals surface area contributed by atoms with Gasteiger partial charge in [0.1, 0.15) is 0 Å². The molecule has 2 rings (SSSR count). The molecule has 12 heavy (non-hydrogen) atoms. The number of benzene rings is 1. The second-order valence-corrected chi connectivity index (χ2v) is 3.28. The molecule has 0 spiro atoms. The molecule has 0 unspecified atom stereocenters. The van der Waals surface area contributed by atoms with Crippen molar-refractivity contribution in [1.29, 1.82) is 0 Å². The van der Waals surface area contributed by atoms with Crippen molar-refractivity contribution in [2.24, 2.45) is 0 Å². The van der Waals surface area contributed by atoms with Crippen LogP contribution in [-0.4, -0.2) is 0 Å². The third-order valence-electron chi connectivity index (χ3n) is 1.58. The Labute approximate surface area is 75.7 Å². The lowest BCUT2D eigenvalue weighted by Crippen LogP contribution is -1.85. The fourth-order valence-electron chi connectivity index (χ4n) is 1.02. The van der Waals surface area contributed by atoms with Gasteiger partial charge in [-0.3, -0.25) is 0 Å². The van der Waals surface area contributed by atoms with Crippen LogP contribution < -0.4 is 5.32 Å². The van der Waals surface area contributed by atoms with Gasteiger partial charge < -0.3 is 5.32 Å². The summed E-state index contributed by atoms with van der Waals surface area (Å²) < 4.78 is 0. The molecule has 0 fully saturated rings. The Morgan fingerprint density at radius 3 is 2.42 bits per heavy atom. The third kappa shape index (κ3) is 1.66. The maximum absolute atomic E-state index is 3.29. The Bertz CT molecular complexity index is 326. The molecule has 1 heterocycles. The summed E-state index contributed by atoms with van der Waals surface area (Å²) in [5.41, 5.74) is 2.29. The highest BCUT2D eigenvalue weighted by Gasteiger charge is 1.91. The monoisotopic (exact) mass is 175 g/mol. The Kier molecular flexibility index (Phi) is 2.10. The fraction of sp³-hybridized carbons (Fsp3) is 0. The molecular weight excluding hydrogens is 166 g/mol. The summed E-state index contributed by atoms with van der Waals surface area (Å²) in [6.45, 7) is 0. The minimum absolute atomic E-state index is 1.14. The van der Waals surface area contributed by atoms with Gasteiger partial charge >= 0.3 is 0 Å². The van der Waals surface area contributed by atoms with Crippen LogP contribution in [0.5, 0.6) is 0 Å². The molecule has 0 saturated carbocycles. The molecule has 0 aliphatic carbocycles. The molecule has 1 aromatic heterocycles. The van der Waals surface area contributed by atoms with Crippen LogP contribution in [0.25, 0.3) is 0 Å². The minimum atomic E-state index is 1.14. The van der Waals surface area contributed by atoms with Crippen LogP contribution in [0, 0.1) is 0 Å². The van der Waals surface area contributed by atoms with E-state index in [-0.39, 0.29) is 0 Å². The summed E-state index contributed by atoms with van der Waals surface area (Å²) in [5.74, 6) is 0. The number of rotatable bonds is 2. The van der Waals surface area contributed by atoms with E-state index < -0.39 is 0 Å². The van der Waals surface area contributed by atoms with Crippen LogP contribution >= 0.6 is 11.3 Å². The smallest absolute Gasteiger partial charge is 0.0492 e. The van der Waals surface area contributed by atoms with Crippen molar-refractivity contribution in [3.63, 3.8) is 0 Å². The molecule has 0 amide bonds. The van der Waals surface area contributed by atoms with Gasteiger partial charge in [0.2, 0.25) is 0 Å². The largest absolute Gasteiger partial charge is 0.355 e. The van der Waals surface area contributed by atoms with Gasteiger partial charge in [0.15, 0.2) is 0 Å². The zero-order valence-electron chi connectivity index (χ0n) is 6.53. The number of hydrogen-bond donors (Lipinski definition) is 1. The zero-order valence-corrected chi connectivity index (χ0v) is 7.34. The van der Waals surface area contributed by atoms with E-state index in [0.717, 1.165) is 11.4 Å². The molecule has 0 bridgehead atoms. The van der Waals surface area contributed by atoms with Crippen molar-refractivity contribution < 1.29 is 0 Å². The second-order valence-electron chi connectivity index (χ2n) is 2.50. The SMILES string of the molecule is c1ccc(Nc2ccsc2)cc1. The van der Waals surface area contributed by atoms with Gasteiger partial charge in [0.25, 0.3) is 0 Å². The molecule has 2 aromatic rings. The van der Waals surface area contributed by atoms with Crippen LogP contribution in [-0.2, 0) is 0 Å². The first-order chi connectivity index (χ1) is 5.95. The first-order valence-corrected chi connectivity index (χ1v) is 4.74. The highest BCUT2D eigenvalue weighted by Crippen LogP contribution is 2.17. The zero-order chi connectivity index (χ0) is 8.23. The molecular formula is C10H9NS. The Morgan fingerprint density at radius 2 is 1.75 bits per heavy atom. The van der Waals surface area contributed by atoms with Crippen molar-refractivity contribution in [2.75, 3.05) is 5.32 Å². The number of para-hydroxylation sites is 1. The topological polar surface area (TPSA) is 12.0 Å². The lowest BCUT2D eigenvalue weighted by Gasteiger charge is -2.01. The Morgan fingerprint density at radius 1 is 0.917 bits per heavy atom. The Hall–Kier alpha value is -1.28. The maximum atomic E-state index is 3.29. The summed E-state index contributed by atoms with van der Waals surface area (Å²) in [4.78, 5) is 0. The van der Waals surface area contributed by atoms with E-state index in [1.165, 1.54) is 0 Å². The van der Waals surface area contributed by atoms with Crippen LogP contribution in [0.2, 0.25) is 0 Å². The average molecular weight is 175 g/mol. The summed E-state index contributed by atoms with van der Waals surface area (Å²) in [6, 6.07) is 12.2. The van der Waals surface area contributed by atoms with Gasteiger partial charge in [-0.2, -0.15) is 11.3 Å². The van der Waals surface area contributed by atoms with E-state index in [9.17, 15) is 0 Å². The number of anilines is 2. The Balaban J connectivity index is 2.15. The van der Waals surface area contributed by atoms with Crippen LogP contribution in [0.4, 0.5) is 11.4 Å². The maximum Gasteiger partial charge on any atom is 0.0492 e. The standard InChI is InChI=1S/C10H9NS/c1-2-4-9(5-3-1)11-10-6-7-12-8-10/h1-8,11H. The van der Waals surface area contributed by atoms with Crippen molar-refractivity contribution in [3.8, 4) is 0 Å². The van der Waals surface area contributed by atoms with Crippen LogP contribution in [0.3, 0.4) is 0 Å². The average Bonchev–Trinajstić information content (AvgIpc) is 2.59. The highest BCUT2D eigenvalue weighted by atomic mass is 32.1. The van der Waals surface area contributed by atoms with Crippen LogP contribution in [0.15, 0.2) is 47.2 Å². The third-order valence-corrected chi connectivity index (χ3v) is 2.27. The molecule has 0 saturated heterocycles. The lowest BCUT2D eigenvalue weighted by atomic mass is 10.3. The number of nitrogens with one attached hydrogen (secondary N) is 1. The molecule has 0 aliphatic heterocycles. The molecule has 1 nitrogen and oxygen atoms in total. The van der Waals surface area contributed by atoms with Crippen molar-refractivity contribution in [1.82, 2.24) is 0 Å². The van der Waals surface area contributed by atoms with Gasteiger partial charge in [-0.15, -0.1) is 0 Å². The van der Waals surface area contributed by atoms with Gasteiger partial charge in [-0.05, 0) is 23.6 Å². The first kappa shape index (κ1) is 7.37. The fourth-order valence-corrected chi connectivity index (χ4v) is 1.61. The minimum Gasteiger partial charge on any atom is -0.355 e. The number of thiophene rings is 1. The summed E-state index contributed by atoms with van der Waals surface area (Å²) in [5, 5.41) is 7.45. The van der Waals surface area contributed by atoms with Gasteiger partial charge in [-0.1, -0.05) is 18.2 Å². The van der Waals surface area contributed by atoms with Gasteiger partial charge in [-0.25, -0.2) is 0 Å². The van der Waals surface area contributed by atoms with E-state index in [2.05, 4.69) is 34.3 Å². The van der Waals surface area contributed by atoms with E-state index in [1.54, 1.807) is 11.3 Å². The molecule has 1 aromatic carbocycles. The molecule has 0 aliphatic rings. The summed E-state index contributed by atoms with van der Waals surface area (Å²) in [7, 11) is 0. The van der Waals surface area contributed by atoms with E-state index in [0.29, 0.717) is 0 Å². The predicted octanol–water partition coefficient (Wildman–Crippen LogP) is 3.49. The highest BCUT2D eigenvalue weighted by molar-refractivity contribution is 7.08. The van der Waals surface area contributed by atoms with Gasteiger partial charge in [0.05, 0.1) is 0 Å². The van der Waals surface area contributed by atoms with Crippen molar-refractivity contribution >= 4 is 22.7 Å². The summed E-state index contributed by atoms with van der Waals surface area (Å²) in [6.07, 6.45) is 0. The van der Waals surface area contributed by atoms with Crippen molar-refractivity contribution in [3.05, 3.63) is 47.2 Å². The molecule has 2 heteroatoms. The molecule has 60 valence electrons. The predicted molar refractivity (Wildman–Crippen MR) is 54.0 cm³/mol. The number of hydrogen-bond acceptors (Lipinski definition) is 2. The molecule has 1 N–H and O–H groups in total. The molecule has 0 atom stereocenters. The first-order valence-electron chi connectivity index (χ1n) is 3.79. The van der Waals surface area contributed by atoms with E-state index in [4.69, 9.17) is 0 Å². The quantitative estimate of drug-likeness (QED) is 0.736. The molecule has 0 radical (unpaired) electrons. The van der Waals surface area contributed by atoms with Crippen LogP contribution in [0.1, 0.15) is 0 Å². The normalized spacial score (nSPS) is 9.67. The lowest BCUT2D eigenvalue weighted by molar-refractivity contribution is 1.59. The van der Waals surface area contributed by atoms with E-state index >= 15 is 0 Å².